The van der Waals surface area contributed by atoms with E-state index in [1.165, 1.54) is 15.5 Å². The number of primary amides is 1. The van der Waals surface area contributed by atoms with Gasteiger partial charge in [0.25, 0.3) is 5.91 Å². The second-order valence-corrected chi connectivity index (χ2v) is 8.25. The lowest BCUT2D eigenvalue weighted by Gasteiger charge is -2.18. The number of amides is 2. The van der Waals surface area contributed by atoms with Gasteiger partial charge in [-0.05, 0) is 31.6 Å². The van der Waals surface area contributed by atoms with Gasteiger partial charge in [-0.2, -0.15) is 18.3 Å². The Hall–Kier alpha value is -2.85. The van der Waals surface area contributed by atoms with Crippen molar-refractivity contribution < 1.29 is 27.5 Å². The second kappa shape index (κ2) is 6.85. The van der Waals surface area contributed by atoms with E-state index in [4.69, 9.17) is 10.5 Å². The minimum Gasteiger partial charge on any atom is -0.444 e. The number of rotatable bonds is 5. The van der Waals surface area contributed by atoms with Crippen molar-refractivity contribution in [2.45, 2.75) is 51.8 Å². The third-order valence-corrected chi connectivity index (χ3v) is 5.62. The molecule has 1 aliphatic heterocycles. The van der Waals surface area contributed by atoms with Crippen molar-refractivity contribution in [1.82, 2.24) is 14.6 Å². The Morgan fingerprint density at radius 1 is 1.33 bits per heavy atom. The van der Waals surface area contributed by atoms with Gasteiger partial charge in [-0.25, -0.2) is 14.3 Å². The predicted molar refractivity (Wildman–Crippen MR) is 100 cm³/mol. The van der Waals surface area contributed by atoms with Gasteiger partial charge in [-0.1, -0.05) is 13.8 Å². The molecule has 2 aromatic heterocycles. The molecule has 162 valence electrons. The first-order valence-corrected chi connectivity index (χ1v) is 9.74. The fourth-order valence-corrected chi connectivity index (χ4v) is 3.85. The number of carbonyl (C=O) groups is 2. The average Bonchev–Trinajstić information content (AvgIpc) is 3.23. The molecule has 1 saturated carbocycles. The van der Waals surface area contributed by atoms with Gasteiger partial charge in [-0.3, -0.25) is 9.69 Å². The van der Waals surface area contributed by atoms with Crippen LogP contribution in [-0.2, 0) is 4.74 Å². The van der Waals surface area contributed by atoms with Gasteiger partial charge in [0.2, 0.25) is 0 Å². The SMILES string of the molecule is Cc1cc(N2CC(C(C)C)OC2=O)nc2c(C(N)=O)c([C@@H](C3CC3)C(F)(F)F)nn12. The number of alkyl halides is 3. The summed E-state index contributed by atoms with van der Waals surface area (Å²) in [6, 6.07) is 1.53. The Kier molecular flexibility index (Phi) is 4.66. The summed E-state index contributed by atoms with van der Waals surface area (Å²) in [6.45, 7) is 5.68. The predicted octanol–water partition coefficient (Wildman–Crippen LogP) is 3.17. The Morgan fingerprint density at radius 2 is 2.00 bits per heavy atom. The molecule has 0 radical (unpaired) electrons. The van der Waals surface area contributed by atoms with Crippen LogP contribution >= 0.6 is 0 Å². The maximum absolute atomic E-state index is 13.8. The molecule has 2 N–H and O–H groups in total. The van der Waals surface area contributed by atoms with E-state index in [2.05, 4.69) is 10.1 Å². The molecule has 8 nitrogen and oxygen atoms in total. The minimum atomic E-state index is -4.57. The van der Waals surface area contributed by atoms with Crippen LogP contribution in [0.4, 0.5) is 23.8 Å². The zero-order valence-corrected chi connectivity index (χ0v) is 16.7. The van der Waals surface area contributed by atoms with Crippen LogP contribution in [-0.4, -0.2) is 45.4 Å². The van der Waals surface area contributed by atoms with Crippen molar-refractivity contribution in [1.29, 1.82) is 0 Å². The van der Waals surface area contributed by atoms with Crippen molar-refractivity contribution in [3.8, 4) is 0 Å². The zero-order valence-electron chi connectivity index (χ0n) is 16.7. The summed E-state index contributed by atoms with van der Waals surface area (Å²) in [6.07, 6.45) is -4.69. The smallest absolute Gasteiger partial charge is 0.415 e. The summed E-state index contributed by atoms with van der Waals surface area (Å²) >= 11 is 0. The third kappa shape index (κ3) is 3.35. The first-order valence-electron chi connectivity index (χ1n) is 9.74. The summed E-state index contributed by atoms with van der Waals surface area (Å²) in [7, 11) is 0. The number of fused-ring (bicyclic) bond motifs is 1. The maximum Gasteiger partial charge on any atom is 0.415 e. The zero-order chi connectivity index (χ0) is 22.0. The summed E-state index contributed by atoms with van der Waals surface area (Å²) < 4.78 is 47.8. The average molecular weight is 425 g/mol. The van der Waals surface area contributed by atoms with Crippen LogP contribution in [0.25, 0.3) is 5.65 Å². The van der Waals surface area contributed by atoms with Gasteiger partial charge in [0, 0.05) is 11.8 Å². The van der Waals surface area contributed by atoms with Crippen molar-refractivity contribution >= 4 is 23.5 Å². The molecular formula is C19H22F3N5O3. The van der Waals surface area contributed by atoms with Gasteiger partial charge >= 0.3 is 12.3 Å². The van der Waals surface area contributed by atoms with Gasteiger partial charge in [-0.15, -0.1) is 0 Å². The van der Waals surface area contributed by atoms with Gasteiger partial charge in [0.1, 0.15) is 23.4 Å². The number of cyclic esters (lactones) is 1. The van der Waals surface area contributed by atoms with E-state index in [0.29, 0.717) is 18.5 Å². The number of anilines is 1. The standard InChI is InChI=1S/C19H22F3N5O3/c1-8(2)11-7-26(18(29)30-11)12-6-9(3)27-17(24-12)13(16(23)28)15(25-27)14(10-4-5-10)19(20,21)22/h6,8,10-11,14H,4-5,7H2,1-3H3,(H2,23,28)/t11?,14-/m1/s1. The normalized spacial score (nSPS) is 20.8. The van der Waals surface area contributed by atoms with Crippen LogP contribution in [0.2, 0.25) is 0 Å². The highest BCUT2D eigenvalue weighted by atomic mass is 19.4. The summed E-state index contributed by atoms with van der Waals surface area (Å²) in [5, 5.41) is 4.09. The van der Waals surface area contributed by atoms with Crippen LogP contribution in [0.15, 0.2) is 6.07 Å². The molecule has 30 heavy (non-hydrogen) atoms. The topological polar surface area (TPSA) is 103 Å². The van der Waals surface area contributed by atoms with Gasteiger partial charge in [0.15, 0.2) is 5.65 Å². The fourth-order valence-electron chi connectivity index (χ4n) is 3.85. The summed E-state index contributed by atoms with van der Waals surface area (Å²) in [5.41, 5.74) is 5.02. The lowest BCUT2D eigenvalue weighted by atomic mass is 9.95. The molecule has 2 atom stereocenters. The van der Waals surface area contributed by atoms with Crippen LogP contribution in [0.5, 0.6) is 0 Å². The van der Waals surface area contributed by atoms with Crippen LogP contribution in [0.1, 0.15) is 54.4 Å². The highest BCUT2D eigenvalue weighted by Crippen LogP contribution is 2.51. The van der Waals surface area contributed by atoms with Crippen LogP contribution in [0.3, 0.4) is 0 Å². The highest BCUT2D eigenvalue weighted by Gasteiger charge is 2.52. The molecular weight excluding hydrogens is 403 g/mol. The molecule has 0 spiro atoms. The monoisotopic (exact) mass is 425 g/mol. The Morgan fingerprint density at radius 3 is 2.50 bits per heavy atom. The van der Waals surface area contributed by atoms with Crippen molar-refractivity contribution in [2.75, 3.05) is 11.4 Å². The Balaban J connectivity index is 1.86. The van der Waals surface area contributed by atoms with Crippen molar-refractivity contribution in [3.63, 3.8) is 0 Å². The van der Waals surface area contributed by atoms with E-state index < -0.39 is 35.7 Å². The largest absolute Gasteiger partial charge is 0.444 e. The molecule has 1 unspecified atom stereocenters. The van der Waals surface area contributed by atoms with Gasteiger partial charge in [0.05, 0.1) is 12.2 Å². The minimum absolute atomic E-state index is 0.0811. The molecule has 2 aliphatic rings. The molecule has 2 aromatic rings. The number of carbonyl (C=O) groups excluding carboxylic acids is 2. The van der Waals surface area contributed by atoms with Crippen LogP contribution in [0, 0.1) is 18.8 Å². The van der Waals surface area contributed by atoms with Crippen molar-refractivity contribution in [3.05, 3.63) is 23.0 Å². The Labute approximate surface area is 170 Å². The molecule has 3 heterocycles. The van der Waals surface area contributed by atoms with Gasteiger partial charge < -0.3 is 10.5 Å². The number of ether oxygens (including phenoxy) is 1. The number of nitrogens with two attached hydrogens (primary N) is 1. The molecule has 1 saturated heterocycles. The second-order valence-electron chi connectivity index (χ2n) is 8.25. The quantitative estimate of drug-likeness (QED) is 0.793. The number of hydrogen-bond acceptors (Lipinski definition) is 5. The molecule has 2 fully saturated rings. The number of hydrogen-bond donors (Lipinski definition) is 1. The Bertz CT molecular complexity index is 1030. The van der Waals surface area contributed by atoms with E-state index in [1.54, 1.807) is 6.92 Å². The fraction of sp³-hybridized carbons (Fsp3) is 0.579. The molecule has 2 amide bonds. The lowest BCUT2D eigenvalue weighted by molar-refractivity contribution is -0.156. The van der Waals surface area contributed by atoms with E-state index >= 15 is 0 Å². The molecule has 0 bridgehead atoms. The van der Waals surface area contributed by atoms with E-state index in [1.807, 2.05) is 13.8 Å². The summed E-state index contributed by atoms with van der Waals surface area (Å²) in [5.74, 6) is -3.29. The number of aromatic nitrogens is 3. The molecule has 0 aromatic carbocycles. The number of nitrogens with zero attached hydrogens (tertiary/aromatic N) is 4. The number of aryl methyl sites for hydroxylation is 1. The molecule has 11 heteroatoms. The highest BCUT2D eigenvalue weighted by molar-refractivity contribution is 6.00. The lowest BCUT2D eigenvalue weighted by Crippen LogP contribution is -2.27. The first-order chi connectivity index (χ1) is 14.0. The number of halogens is 3. The van der Waals surface area contributed by atoms with E-state index in [-0.39, 0.29) is 35.6 Å². The third-order valence-electron chi connectivity index (χ3n) is 5.62. The molecule has 4 rings (SSSR count). The van der Waals surface area contributed by atoms with Crippen LogP contribution < -0.4 is 10.6 Å². The van der Waals surface area contributed by atoms with E-state index in [9.17, 15) is 22.8 Å². The van der Waals surface area contributed by atoms with E-state index in [0.717, 1.165) is 0 Å². The molecule has 1 aliphatic carbocycles. The van der Waals surface area contributed by atoms with Crippen molar-refractivity contribution in [2.24, 2.45) is 17.6 Å². The maximum atomic E-state index is 13.8. The first kappa shape index (κ1) is 20.4. The summed E-state index contributed by atoms with van der Waals surface area (Å²) in [4.78, 5) is 30.1.